The normalized spacial score (nSPS) is 13.8. The molecule has 1 unspecified atom stereocenters. The van der Waals surface area contributed by atoms with Crippen LogP contribution >= 0.6 is 0 Å². The average Bonchev–Trinajstić information content (AvgIpc) is 2.98. The van der Waals surface area contributed by atoms with E-state index in [-0.39, 0.29) is 22.7 Å². The molecule has 0 fully saturated rings. The summed E-state index contributed by atoms with van der Waals surface area (Å²) in [5.74, 6) is -1.47. The van der Waals surface area contributed by atoms with Crippen molar-refractivity contribution in [2.45, 2.75) is 32.9 Å². The number of methoxy groups -OCH3 is 1. The Kier molecular flexibility index (Phi) is 5.86. The van der Waals surface area contributed by atoms with Crippen LogP contribution in [-0.4, -0.2) is 47.8 Å². The summed E-state index contributed by atoms with van der Waals surface area (Å²) in [6, 6.07) is 10.6. The van der Waals surface area contributed by atoms with Crippen LogP contribution in [0.2, 0.25) is 0 Å². The lowest BCUT2D eigenvalue weighted by Gasteiger charge is -2.17. The molecule has 8 nitrogen and oxygen atoms in total. The molecule has 156 valence electrons. The Morgan fingerprint density at radius 3 is 2.17 bits per heavy atom. The minimum absolute atomic E-state index is 0.0876. The van der Waals surface area contributed by atoms with Crippen LogP contribution in [-0.2, 0) is 9.53 Å². The lowest BCUT2D eigenvalue weighted by molar-refractivity contribution is -0.123. The first-order chi connectivity index (χ1) is 14.2. The third-order valence-corrected chi connectivity index (χ3v) is 4.68. The Balaban J connectivity index is 1.68. The Bertz CT molecular complexity index is 1010. The number of carbonyl (C=O) groups is 4. The molecule has 3 rings (SSSR count). The predicted molar refractivity (Wildman–Crippen MR) is 109 cm³/mol. The molecule has 0 bridgehead atoms. The molecule has 0 aliphatic carbocycles. The number of benzene rings is 2. The van der Waals surface area contributed by atoms with E-state index in [1.165, 1.54) is 32.2 Å². The quantitative estimate of drug-likeness (QED) is 0.580. The maximum Gasteiger partial charge on any atom is 0.338 e. The van der Waals surface area contributed by atoms with Crippen LogP contribution in [0.25, 0.3) is 0 Å². The van der Waals surface area contributed by atoms with Gasteiger partial charge in [0.05, 0.1) is 23.8 Å². The first kappa shape index (κ1) is 21.0. The van der Waals surface area contributed by atoms with E-state index in [2.05, 4.69) is 5.32 Å². The van der Waals surface area contributed by atoms with Gasteiger partial charge in [-0.2, -0.15) is 0 Å². The number of ether oxygens (including phenoxy) is 2. The number of hydrogen-bond donors (Lipinski definition) is 1. The lowest BCUT2D eigenvalue weighted by atomic mass is 10.1. The van der Waals surface area contributed by atoms with E-state index >= 15 is 0 Å². The summed E-state index contributed by atoms with van der Waals surface area (Å²) in [6.07, 6.45) is -1.07. The molecule has 1 aliphatic rings. The van der Waals surface area contributed by atoms with E-state index < -0.39 is 29.8 Å². The summed E-state index contributed by atoms with van der Waals surface area (Å²) in [7, 11) is 1.54. The molecule has 1 aliphatic heterocycles. The number of imide groups is 1. The highest BCUT2D eigenvalue weighted by molar-refractivity contribution is 6.22. The van der Waals surface area contributed by atoms with Gasteiger partial charge in [-0.15, -0.1) is 0 Å². The second kappa shape index (κ2) is 8.36. The molecule has 1 N–H and O–H groups in total. The largest absolute Gasteiger partial charge is 0.497 e. The van der Waals surface area contributed by atoms with Crippen molar-refractivity contribution in [3.8, 4) is 5.75 Å². The third-order valence-electron chi connectivity index (χ3n) is 4.68. The average molecular weight is 410 g/mol. The molecule has 30 heavy (non-hydrogen) atoms. The Labute approximate surface area is 173 Å². The highest BCUT2D eigenvalue weighted by Gasteiger charge is 2.37. The van der Waals surface area contributed by atoms with Crippen LogP contribution in [0.15, 0.2) is 42.5 Å². The van der Waals surface area contributed by atoms with Crippen LogP contribution in [0.5, 0.6) is 5.75 Å². The van der Waals surface area contributed by atoms with E-state index in [1.54, 1.807) is 38.1 Å². The molecule has 0 radical (unpaired) electrons. The van der Waals surface area contributed by atoms with Crippen molar-refractivity contribution >= 4 is 29.4 Å². The number of esters is 1. The second-order valence-corrected chi connectivity index (χ2v) is 7.10. The maximum atomic E-state index is 12.5. The molecule has 2 aromatic rings. The van der Waals surface area contributed by atoms with Crippen molar-refractivity contribution < 1.29 is 28.7 Å². The van der Waals surface area contributed by atoms with Gasteiger partial charge in [0.2, 0.25) is 0 Å². The zero-order valence-corrected chi connectivity index (χ0v) is 17.1. The number of nitrogens with one attached hydrogen (secondary N) is 1. The molecule has 1 atom stereocenters. The zero-order valence-electron chi connectivity index (χ0n) is 17.1. The van der Waals surface area contributed by atoms with Gasteiger partial charge in [0.1, 0.15) is 5.75 Å². The fourth-order valence-corrected chi connectivity index (χ4v) is 3.06. The van der Waals surface area contributed by atoms with Gasteiger partial charge in [0.25, 0.3) is 17.7 Å². The van der Waals surface area contributed by atoms with Crippen molar-refractivity contribution in [1.82, 2.24) is 4.90 Å². The maximum absolute atomic E-state index is 12.5. The molecule has 0 saturated carbocycles. The van der Waals surface area contributed by atoms with Gasteiger partial charge in [-0.1, -0.05) is 0 Å². The zero-order chi connectivity index (χ0) is 22.0. The summed E-state index contributed by atoms with van der Waals surface area (Å²) in [5, 5.41) is 2.65. The first-order valence-corrected chi connectivity index (χ1v) is 9.40. The second-order valence-electron chi connectivity index (χ2n) is 7.10. The first-order valence-electron chi connectivity index (χ1n) is 9.40. The van der Waals surface area contributed by atoms with Crippen molar-refractivity contribution in [2.24, 2.45) is 0 Å². The van der Waals surface area contributed by atoms with E-state index in [0.29, 0.717) is 11.4 Å². The van der Waals surface area contributed by atoms with E-state index in [0.717, 1.165) is 4.90 Å². The summed E-state index contributed by atoms with van der Waals surface area (Å²) < 4.78 is 10.3. The number of amides is 3. The summed E-state index contributed by atoms with van der Waals surface area (Å²) in [6.45, 7) is 4.92. The number of nitrogens with zero attached hydrogens (tertiary/aromatic N) is 1. The summed E-state index contributed by atoms with van der Waals surface area (Å²) in [5.41, 5.74) is 1.01. The Morgan fingerprint density at radius 1 is 0.933 bits per heavy atom. The van der Waals surface area contributed by atoms with Gasteiger partial charge < -0.3 is 14.8 Å². The third kappa shape index (κ3) is 4.03. The van der Waals surface area contributed by atoms with Crippen LogP contribution in [0, 0.1) is 0 Å². The molecule has 0 aromatic heterocycles. The standard InChI is InChI=1S/C22H22N2O6/c1-12(2)24-20(26)17-10-5-14(11-18(17)21(24)27)22(28)30-13(3)19(25)23-15-6-8-16(29-4)9-7-15/h5-13H,1-4H3,(H,23,25). The van der Waals surface area contributed by atoms with Crippen molar-refractivity contribution in [2.75, 3.05) is 12.4 Å². The van der Waals surface area contributed by atoms with E-state index in [9.17, 15) is 19.2 Å². The highest BCUT2D eigenvalue weighted by Crippen LogP contribution is 2.26. The summed E-state index contributed by atoms with van der Waals surface area (Å²) in [4.78, 5) is 50.7. The van der Waals surface area contributed by atoms with Gasteiger partial charge in [0.15, 0.2) is 6.10 Å². The Morgan fingerprint density at radius 2 is 1.57 bits per heavy atom. The molecule has 0 spiro atoms. The fourth-order valence-electron chi connectivity index (χ4n) is 3.06. The van der Waals surface area contributed by atoms with Crippen LogP contribution in [0.4, 0.5) is 5.69 Å². The van der Waals surface area contributed by atoms with Crippen LogP contribution in [0.3, 0.4) is 0 Å². The topological polar surface area (TPSA) is 102 Å². The van der Waals surface area contributed by atoms with Gasteiger partial charge in [-0.05, 0) is 63.2 Å². The minimum atomic E-state index is -1.07. The van der Waals surface area contributed by atoms with Gasteiger partial charge in [-0.3, -0.25) is 19.3 Å². The SMILES string of the molecule is COc1ccc(NC(=O)C(C)OC(=O)c2ccc3c(c2)C(=O)N(C(C)C)C3=O)cc1. The van der Waals surface area contributed by atoms with Crippen molar-refractivity contribution in [1.29, 1.82) is 0 Å². The molecular weight excluding hydrogens is 388 g/mol. The van der Waals surface area contributed by atoms with Crippen molar-refractivity contribution in [3.63, 3.8) is 0 Å². The Hall–Kier alpha value is -3.68. The number of fused-ring (bicyclic) bond motifs is 1. The van der Waals surface area contributed by atoms with Gasteiger partial charge in [0, 0.05) is 11.7 Å². The van der Waals surface area contributed by atoms with E-state index in [4.69, 9.17) is 9.47 Å². The highest BCUT2D eigenvalue weighted by atomic mass is 16.5. The van der Waals surface area contributed by atoms with Gasteiger partial charge >= 0.3 is 5.97 Å². The molecular formula is C22H22N2O6. The number of rotatable bonds is 6. The minimum Gasteiger partial charge on any atom is -0.497 e. The molecule has 0 saturated heterocycles. The summed E-state index contributed by atoms with van der Waals surface area (Å²) >= 11 is 0. The van der Waals surface area contributed by atoms with Gasteiger partial charge in [-0.25, -0.2) is 4.79 Å². The smallest absolute Gasteiger partial charge is 0.338 e. The fraction of sp³-hybridized carbons (Fsp3) is 0.273. The number of anilines is 1. The van der Waals surface area contributed by atoms with Crippen molar-refractivity contribution in [3.05, 3.63) is 59.2 Å². The van der Waals surface area contributed by atoms with Crippen LogP contribution < -0.4 is 10.1 Å². The predicted octanol–water partition coefficient (Wildman–Crippen LogP) is 2.88. The molecule has 2 aromatic carbocycles. The van der Waals surface area contributed by atoms with E-state index in [1.807, 2.05) is 0 Å². The number of hydrogen-bond acceptors (Lipinski definition) is 6. The monoisotopic (exact) mass is 410 g/mol. The lowest BCUT2D eigenvalue weighted by Crippen LogP contribution is -2.35. The molecule has 1 heterocycles. The number of carbonyl (C=O) groups excluding carboxylic acids is 4. The van der Waals surface area contributed by atoms with Crippen LogP contribution in [0.1, 0.15) is 51.8 Å². The molecule has 8 heteroatoms. The molecule has 3 amide bonds.